The number of carbonyl (C=O) groups is 1. The van der Waals surface area contributed by atoms with Crippen molar-refractivity contribution in [2.75, 3.05) is 12.4 Å². The lowest BCUT2D eigenvalue weighted by Gasteiger charge is -2.12. The smallest absolute Gasteiger partial charge is 0.411 e. The maximum Gasteiger partial charge on any atom is 0.411 e. The fourth-order valence-electron chi connectivity index (χ4n) is 3.60. The number of fused-ring (bicyclic) bond motifs is 1. The number of amides is 1. The standard InChI is InChI=1S/C23H23N3O3/c1-14(2)29-23(27)25-16-6-4-15(5-7-16)22-20(13-24)19-11-10-18(28-3)12-21(19)26(22)17-8-9-17/h4-7,10-12,14,17H,8-9H2,1-3H3,(H,25,27). The van der Waals surface area contributed by atoms with Crippen LogP contribution in [0.5, 0.6) is 5.75 Å². The van der Waals surface area contributed by atoms with E-state index in [1.54, 1.807) is 21.0 Å². The van der Waals surface area contributed by atoms with Crippen molar-refractivity contribution in [3.05, 3.63) is 48.0 Å². The lowest BCUT2D eigenvalue weighted by atomic mass is 10.1. The van der Waals surface area contributed by atoms with Crippen LogP contribution in [-0.4, -0.2) is 23.9 Å². The molecule has 3 aromatic rings. The zero-order chi connectivity index (χ0) is 20.5. The van der Waals surface area contributed by atoms with Crippen molar-refractivity contribution in [2.45, 2.75) is 38.8 Å². The molecule has 0 unspecified atom stereocenters. The van der Waals surface area contributed by atoms with E-state index in [4.69, 9.17) is 9.47 Å². The van der Waals surface area contributed by atoms with Crippen LogP contribution in [0, 0.1) is 11.3 Å². The second-order valence-corrected chi connectivity index (χ2v) is 7.48. The van der Waals surface area contributed by atoms with E-state index in [2.05, 4.69) is 16.0 Å². The molecular weight excluding hydrogens is 366 g/mol. The maximum atomic E-state index is 11.8. The Kier molecular flexibility index (Phi) is 4.89. The molecule has 148 valence electrons. The summed E-state index contributed by atoms with van der Waals surface area (Å²) >= 11 is 0. The predicted octanol–water partition coefficient (Wildman–Crippen LogP) is 5.48. The quantitative estimate of drug-likeness (QED) is 0.627. The van der Waals surface area contributed by atoms with Gasteiger partial charge in [-0.25, -0.2) is 4.79 Å². The third kappa shape index (κ3) is 3.64. The predicted molar refractivity (Wildman–Crippen MR) is 112 cm³/mol. The van der Waals surface area contributed by atoms with Gasteiger partial charge in [0.1, 0.15) is 11.8 Å². The van der Waals surface area contributed by atoms with Crippen molar-refractivity contribution in [3.8, 4) is 23.1 Å². The molecule has 1 saturated carbocycles. The first-order valence-electron chi connectivity index (χ1n) is 9.72. The minimum atomic E-state index is -0.482. The number of ether oxygens (including phenoxy) is 2. The lowest BCUT2D eigenvalue weighted by molar-refractivity contribution is 0.130. The number of carbonyl (C=O) groups excluding carboxylic acids is 1. The summed E-state index contributed by atoms with van der Waals surface area (Å²) in [7, 11) is 1.65. The zero-order valence-corrected chi connectivity index (χ0v) is 16.7. The number of benzene rings is 2. The van der Waals surface area contributed by atoms with Gasteiger partial charge in [0, 0.05) is 23.2 Å². The van der Waals surface area contributed by atoms with Gasteiger partial charge in [0.15, 0.2) is 0 Å². The number of hydrogen-bond donors (Lipinski definition) is 1. The monoisotopic (exact) mass is 389 g/mol. The van der Waals surface area contributed by atoms with Crippen LogP contribution in [-0.2, 0) is 4.74 Å². The fraction of sp³-hybridized carbons (Fsp3) is 0.304. The van der Waals surface area contributed by atoms with Crippen molar-refractivity contribution in [1.29, 1.82) is 5.26 Å². The number of anilines is 1. The molecule has 1 heterocycles. The summed E-state index contributed by atoms with van der Waals surface area (Å²) in [5.41, 5.74) is 4.17. The Hall–Kier alpha value is -3.46. The number of nitrogens with zero attached hydrogens (tertiary/aromatic N) is 2. The molecular formula is C23H23N3O3. The maximum absolute atomic E-state index is 11.8. The van der Waals surface area contributed by atoms with Gasteiger partial charge in [-0.15, -0.1) is 0 Å². The molecule has 6 nitrogen and oxygen atoms in total. The first kappa shape index (κ1) is 18.9. The largest absolute Gasteiger partial charge is 0.497 e. The van der Waals surface area contributed by atoms with Crippen LogP contribution in [0.25, 0.3) is 22.2 Å². The number of nitrogens with one attached hydrogen (secondary N) is 1. The van der Waals surface area contributed by atoms with Gasteiger partial charge in [-0.1, -0.05) is 12.1 Å². The molecule has 1 aliphatic rings. The van der Waals surface area contributed by atoms with E-state index >= 15 is 0 Å². The normalized spacial score (nSPS) is 13.3. The molecule has 6 heteroatoms. The Morgan fingerprint density at radius 3 is 2.52 bits per heavy atom. The number of methoxy groups -OCH3 is 1. The van der Waals surface area contributed by atoms with Crippen molar-refractivity contribution < 1.29 is 14.3 Å². The van der Waals surface area contributed by atoms with E-state index in [0.29, 0.717) is 17.3 Å². The van der Waals surface area contributed by atoms with Gasteiger partial charge >= 0.3 is 6.09 Å². The third-order valence-electron chi connectivity index (χ3n) is 4.98. The first-order chi connectivity index (χ1) is 14.0. The average Bonchev–Trinajstić information content (AvgIpc) is 3.48. The molecule has 0 spiro atoms. The lowest BCUT2D eigenvalue weighted by Crippen LogP contribution is -2.17. The highest BCUT2D eigenvalue weighted by molar-refractivity contribution is 5.96. The molecule has 0 bridgehead atoms. The molecule has 0 atom stereocenters. The topological polar surface area (TPSA) is 76.3 Å². The van der Waals surface area contributed by atoms with Gasteiger partial charge in [0.25, 0.3) is 0 Å². The van der Waals surface area contributed by atoms with Gasteiger partial charge in [-0.3, -0.25) is 5.32 Å². The Morgan fingerprint density at radius 1 is 1.21 bits per heavy atom. The summed E-state index contributed by atoms with van der Waals surface area (Å²) in [6.45, 7) is 3.61. The summed E-state index contributed by atoms with van der Waals surface area (Å²) in [5, 5.41) is 13.6. The Bertz CT molecular complexity index is 1100. The van der Waals surface area contributed by atoms with Crippen molar-refractivity contribution in [3.63, 3.8) is 0 Å². The summed E-state index contributed by atoms with van der Waals surface area (Å²) in [6, 6.07) is 16.1. The second-order valence-electron chi connectivity index (χ2n) is 7.48. The highest BCUT2D eigenvalue weighted by Gasteiger charge is 2.30. The van der Waals surface area contributed by atoms with Gasteiger partial charge in [-0.2, -0.15) is 5.26 Å². The second kappa shape index (κ2) is 7.51. The van der Waals surface area contributed by atoms with E-state index in [0.717, 1.165) is 40.8 Å². The third-order valence-corrected chi connectivity index (χ3v) is 4.98. The van der Waals surface area contributed by atoms with Crippen LogP contribution >= 0.6 is 0 Å². The van der Waals surface area contributed by atoms with Crippen molar-refractivity contribution in [2.24, 2.45) is 0 Å². The van der Waals surface area contributed by atoms with Gasteiger partial charge in [0.05, 0.1) is 30.0 Å². The summed E-state index contributed by atoms with van der Waals surface area (Å²) in [4.78, 5) is 11.8. The Labute approximate surface area is 169 Å². The van der Waals surface area contributed by atoms with E-state index in [-0.39, 0.29) is 6.10 Å². The molecule has 1 fully saturated rings. The molecule has 0 aliphatic heterocycles. The van der Waals surface area contributed by atoms with Crippen LogP contribution < -0.4 is 10.1 Å². The van der Waals surface area contributed by atoms with Gasteiger partial charge in [0.2, 0.25) is 0 Å². The number of nitriles is 1. The van der Waals surface area contributed by atoms with E-state index in [9.17, 15) is 10.1 Å². The minimum Gasteiger partial charge on any atom is -0.497 e. The first-order valence-corrected chi connectivity index (χ1v) is 9.72. The summed E-state index contributed by atoms with van der Waals surface area (Å²) < 4.78 is 12.8. The number of hydrogen-bond acceptors (Lipinski definition) is 4. The molecule has 1 amide bonds. The van der Waals surface area contributed by atoms with E-state index < -0.39 is 6.09 Å². The van der Waals surface area contributed by atoms with Crippen LogP contribution in [0.1, 0.15) is 38.3 Å². The Morgan fingerprint density at radius 2 is 1.93 bits per heavy atom. The van der Waals surface area contributed by atoms with Crippen LogP contribution in [0.3, 0.4) is 0 Å². The van der Waals surface area contributed by atoms with Crippen LogP contribution in [0.15, 0.2) is 42.5 Å². The SMILES string of the molecule is COc1ccc2c(C#N)c(-c3ccc(NC(=O)OC(C)C)cc3)n(C3CC3)c2c1. The summed E-state index contributed by atoms with van der Waals surface area (Å²) in [5.74, 6) is 0.774. The molecule has 29 heavy (non-hydrogen) atoms. The van der Waals surface area contributed by atoms with Crippen molar-refractivity contribution >= 4 is 22.7 Å². The summed E-state index contributed by atoms with van der Waals surface area (Å²) in [6.07, 6.45) is 1.53. The highest BCUT2D eigenvalue weighted by atomic mass is 16.6. The van der Waals surface area contributed by atoms with E-state index in [1.807, 2.05) is 42.5 Å². The Balaban J connectivity index is 1.76. The molecule has 1 aliphatic carbocycles. The number of aromatic nitrogens is 1. The minimum absolute atomic E-state index is 0.182. The van der Waals surface area contributed by atoms with Crippen LogP contribution in [0.4, 0.5) is 10.5 Å². The molecule has 1 aromatic heterocycles. The fourth-order valence-corrected chi connectivity index (χ4v) is 3.60. The van der Waals surface area contributed by atoms with Crippen LogP contribution in [0.2, 0.25) is 0 Å². The highest BCUT2D eigenvalue weighted by Crippen LogP contribution is 2.45. The average molecular weight is 389 g/mol. The zero-order valence-electron chi connectivity index (χ0n) is 16.7. The molecule has 2 aromatic carbocycles. The molecule has 1 N–H and O–H groups in total. The van der Waals surface area contributed by atoms with Gasteiger partial charge < -0.3 is 14.0 Å². The molecule has 4 rings (SSSR count). The molecule has 0 radical (unpaired) electrons. The molecule has 0 saturated heterocycles. The van der Waals surface area contributed by atoms with Crippen molar-refractivity contribution in [1.82, 2.24) is 4.57 Å². The van der Waals surface area contributed by atoms with E-state index in [1.165, 1.54) is 0 Å². The number of rotatable bonds is 5. The van der Waals surface area contributed by atoms with Gasteiger partial charge in [-0.05, 0) is 56.5 Å².